The van der Waals surface area contributed by atoms with E-state index in [1.807, 2.05) is 6.08 Å². The number of piperidine rings is 1. The van der Waals surface area contributed by atoms with Crippen molar-refractivity contribution in [2.75, 3.05) is 20.2 Å². The number of likely N-dealkylation sites (tertiary alicyclic amines) is 1. The average molecular weight is 323 g/mol. The fraction of sp³-hybridized carbons (Fsp3) is 0.571. The molecular formula is C21H25NO2. The van der Waals surface area contributed by atoms with Crippen molar-refractivity contribution < 1.29 is 9.53 Å². The van der Waals surface area contributed by atoms with Crippen LogP contribution in [0.1, 0.15) is 36.8 Å². The third kappa shape index (κ3) is 2.10. The van der Waals surface area contributed by atoms with Crippen LogP contribution < -0.4 is 4.74 Å². The molecule has 1 heterocycles. The van der Waals surface area contributed by atoms with Crippen LogP contribution in [0.4, 0.5) is 0 Å². The van der Waals surface area contributed by atoms with Crippen LogP contribution in [0.3, 0.4) is 0 Å². The maximum absolute atomic E-state index is 12.3. The molecule has 0 N–H and O–H groups in total. The number of ketones is 1. The van der Waals surface area contributed by atoms with Crippen LogP contribution in [0, 0.1) is 11.8 Å². The Morgan fingerprint density at radius 1 is 1.33 bits per heavy atom. The van der Waals surface area contributed by atoms with Gasteiger partial charge in [0.1, 0.15) is 5.75 Å². The number of carbonyl (C=O) groups is 1. The second kappa shape index (κ2) is 5.19. The molecule has 3 aliphatic carbocycles. The first-order valence-corrected chi connectivity index (χ1v) is 9.32. The van der Waals surface area contributed by atoms with Crippen LogP contribution in [0.15, 0.2) is 30.4 Å². The molecule has 5 rings (SSSR count). The molecule has 0 radical (unpaired) electrons. The third-order valence-corrected chi connectivity index (χ3v) is 6.82. The Morgan fingerprint density at radius 3 is 3.00 bits per heavy atom. The number of fused-ring (bicyclic) bond motifs is 1. The molecule has 4 aliphatic rings. The van der Waals surface area contributed by atoms with E-state index in [4.69, 9.17) is 4.74 Å². The minimum Gasteiger partial charge on any atom is -0.497 e. The highest BCUT2D eigenvalue weighted by Crippen LogP contribution is 2.54. The molecule has 1 aromatic rings. The number of rotatable bonds is 3. The third-order valence-electron chi connectivity index (χ3n) is 6.82. The molecule has 126 valence electrons. The van der Waals surface area contributed by atoms with E-state index in [9.17, 15) is 4.79 Å². The first kappa shape index (κ1) is 14.7. The number of hydrogen-bond donors (Lipinski definition) is 0. The van der Waals surface area contributed by atoms with E-state index in [1.54, 1.807) is 7.11 Å². The van der Waals surface area contributed by atoms with Crippen LogP contribution in [0.25, 0.3) is 0 Å². The van der Waals surface area contributed by atoms with E-state index in [0.29, 0.717) is 18.4 Å². The Morgan fingerprint density at radius 2 is 2.21 bits per heavy atom. The number of methoxy groups -OCH3 is 1. The summed E-state index contributed by atoms with van der Waals surface area (Å²) in [6, 6.07) is 7.09. The normalized spacial score (nSPS) is 34.6. The molecule has 0 spiro atoms. The molecule has 2 fully saturated rings. The minimum atomic E-state index is -0.00132. The fourth-order valence-electron chi connectivity index (χ4n) is 5.44. The van der Waals surface area contributed by atoms with Gasteiger partial charge < -0.3 is 4.74 Å². The van der Waals surface area contributed by atoms with Crippen molar-refractivity contribution in [3.8, 4) is 5.75 Å². The zero-order valence-corrected chi connectivity index (χ0v) is 14.3. The molecule has 3 heteroatoms. The first-order chi connectivity index (χ1) is 11.7. The van der Waals surface area contributed by atoms with E-state index in [2.05, 4.69) is 29.2 Å². The molecule has 2 bridgehead atoms. The second-order valence-electron chi connectivity index (χ2n) is 8.17. The Bertz CT molecular complexity index is 721. The van der Waals surface area contributed by atoms with Crippen molar-refractivity contribution >= 4 is 5.78 Å². The van der Waals surface area contributed by atoms with Crippen molar-refractivity contribution in [3.63, 3.8) is 0 Å². The summed E-state index contributed by atoms with van der Waals surface area (Å²) in [6.45, 7) is 2.39. The lowest BCUT2D eigenvalue weighted by molar-refractivity contribution is -0.118. The molecule has 1 saturated carbocycles. The number of allylic oxidation sites excluding steroid dienone is 1. The van der Waals surface area contributed by atoms with Gasteiger partial charge in [-0.05, 0) is 67.5 Å². The Hall–Kier alpha value is -1.61. The van der Waals surface area contributed by atoms with Gasteiger partial charge in [0.2, 0.25) is 0 Å². The van der Waals surface area contributed by atoms with E-state index >= 15 is 0 Å². The van der Waals surface area contributed by atoms with Gasteiger partial charge in [0.05, 0.1) is 7.11 Å². The zero-order valence-electron chi connectivity index (χ0n) is 14.3. The summed E-state index contributed by atoms with van der Waals surface area (Å²) in [7, 11) is 1.73. The second-order valence-corrected chi connectivity index (χ2v) is 8.17. The highest BCUT2D eigenvalue weighted by molar-refractivity contribution is 5.92. The standard InChI is InChI=1S/C21H25NO2/c1-24-17-6-4-15-10-20-18-7-5-16(23)12-21(18,19(15)11-17)8-9-22(20)13-14-2-3-14/h4-7,11,14,18,20H,2-3,8-10,12-13H2,1H3/t18-,20+,21-/m0/s1. The maximum atomic E-state index is 12.3. The first-order valence-electron chi connectivity index (χ1n) is 9.32. The molecule has 0 aromatic heterocycles. The van der Waals surface area contributed by atoms with E-state index in [0.717, 1.165) is 31.1 Å². The fourth-order valence-corrected chi connectivity index (χ4v) is 5.44. The monoisotopic (exact) mass is 323 g/mol. The summed E-state index contributed by atoms with van der Waals surface area (Å²) >= 11 is 0. The predicted octanol–water partition coefficient (Wildman–Crippen LogP) is 3.12. The number of benzene rings is 1. The van der Waals surface area contributed by atoms with E-state index in [1.165, 1.54) is 30.5 Å². The van der Waals surface area contributed by atoms with Gasteiger partial charge in [-0.1, -0.05) is 12.1 Å². The molecule has 3 atom stereocenters. The topological polar surface area (TPSA) is 29.5 Å². The number of hydrogen-bond acceptors (Lipinski definition) is 3. The largest absolute Gasteiger partial charge is 0.497 e. The van der Waals surface area contributed by atoms with Gasteiger partial charge in [0.15, 0.2) is 5.78 Å². The van der Waals surface area contributed by atoms with Crippen molar-refractivity contribution in [3.05, 3.63) is 41.5 Å². The van der Waals surface area contributed by atoms with E-state index < -0.39 is 0 Å². The van der Waals surface area contributed by atoms with Gasteiger partial charge in [-0.3, -0.25) is 9.69 Å². The van der Waals surface area contributed by atoms with Crippen LogP contribution in [-0.2, 0) is 16.6 Å². The molecule has 1 aliphatic heterocycles. The van der Waals surface area contributed by atoms with Gasteiger partial charge in [0, 0.05) is 30.3 Å². The molecule has 0 unspecified atom stereocenters. The van der Waals surface area contributed by atoms with Crippen LogP contribution in [0.5, 0.6) is 5.75 Å². The molecule has 3 nitrogen and oxygen atoms in total. The van der Waals surface area contributed by atoms with Crippen molar-refractivity contribution in [1.29, 1.82) is 0 Å². The van der Waals surface area contributed by atoms with Crippen molar-refractivity contribution in [2.45, 2.75) is 43.6 Å². The SMILES string of the molecule is COc1ccc2c(c1)[C@]13CCN(CC4CC4)[C@H](C2)[C@@H]1C=CC(=O)C3. The Balaban J connectivity index is 1.62. The summed E-state index contributed by atoms with van der Waals surface area (Å²) < 4.78 is 5.49. The molecule has 1 aromatic carbocycles. The summed E-state index contributed by atoms with van der Waals surface area (Å²) in [5.41, 5.74) is 2.81. The number of nitrogens with zero attached hydrogens (tertiary/aromatic N) is 1. The van der Waals surface area contributed by atoms with Gasteiger partial charge in [-0.25, -0.2) is 0 Å². The smallest absolute Gasteiger partial charge is 0.156 e. The van der Waals surface area contributed by atoms with Crippen LogP contribution in [-0.4, -0.2) is 36.9 Å². The lowest BCUT2D eigenvalue weighted by atomic mass is 9.54. The minimum absolute atomic E-state index is 0.00132. The van der Waals surface area contributed by atoms with Gasteiger partial charge in [0.25, 0.3) is 0 Å². The molecule has 24 heavy (non-hydrogen) atoms. The Labute approximate surface area is 143 Å². The van der Waals surface area contributed by atoms with Gasteiger partial charge in [-0.15, -0.1) is 0 Å². The van der Waals surface area contributed by atoms with Crippen molar-refractivity contribution in [1.82, 2.24) is 4.90 Å². The highest BCUT2D eigenvalue weighted by Gasteiger charge is 2.54. The molecule has 0 amide bonds. The van der Waals surface area contributed by atoms with Crippen LogP contribution >= 0.6 is 0 Å². The van der Waals surface area contributed by atoms with Crippen LogP contribution in [0.2, 0.25) is 0 Å². The summed E-state index contributed by atoms with van der Waals surface area (Å²) in [4.78, 5) is 15.0. The van der Waals surface area contributed by atoms with Gasteiger partial charge >= 0.3 is 0 Å². The quantitative estimate of drug-likeness (QED) is 0.856. The highest BCUT2D eigenvalue weighted by atomic mass is 16.5. The van der Waals surface area contributed by atoms with E-state index in [-0.39, 0.29) is 11.2 Å². The lowest BCUT2D eigenvalue weighted by Gasteiger charge is -2.57. The number of carbonyl (C=O) groups excluding carboxylic acids is 1. The number of ether oxygens (including phenoxy) is 1. The summed E-state index contributed by atoms with van der Waals surface area (Å²) in [6.07, 6.45) is 9.76. The summed E-state index contributed by atoms with van der Waals surface area (Å²) in [5, 5.41) is 0. The van der Waals surface area contributed by atoms with Crippen molar-refractivity contribution in [2.24, 2.45) is 11.8 Å². The summed E-state index contributed by atoms with van der Waals surface area (Å²) in [5.74, 6) is 2.60. The Kier molecular flexibility index (Phi) is 3.18. The van der Waals surface area contributed by atoms with Gasteiger partial charge in [-0.2, -0.15) is 0 Å². The predicted molar refractivity (Wildman–Crippen MR) is 93.3 cm³/mol. The molecular weight excluding hydrogens is 298 g/mol. The zero-order chi connectivity index (χ0) is 16.3. The average Bonchev–Trinajstić information content (AvgIpc) is 3.41. The molecule has 1 saturated heterocycles. The maximum Gasteiger partial charge on any atom is 0.156 e. The lowest BCUT2D eigenvalue weighted by Crippen LogP contribution is -2.61.